The number of ether oxygens (including phenoxy) is 6. The number of methoxy groups -OCH3 is 1. The molecule has 0 aromatic heterocycles. The smallest absolute Gasteiger partial charge is 0.405 e. The Bertz CT molecular complexity index is 824. The highest BCUT2D eigenvalue weighted by atomic mass is 16.6. The molecular weight excluding hydrogens is 480 g/mol. The third kappa shape index (κ3) is 12.5. The first-order valence-corrected chi connectivity index (χ1v) is 11.4. The second-order valence-electron chi connectivity index (χ2n) is 7.33. The molecule has 0 aliphatic rings. The summed E-state index contributed by atoms with van der Waals surface area (Å²) in [6.45, 7) is 5.04. The van der Waals surface area contributed by atoms with Crippen LogP contribution in [0.5, 0.6) is 11.5 Å². The minimum absolute atomic E-state index is 0.104. The summed E-state index contributed by atoms with van der Waals surface area (Å²) in [5.74, 6) is 0.159. The van der Waals surface area contributed by atoms with Crippen LogP contribution in [0, 0.1) is 10.1 Å². The fraction of sp³-hybridized carbons (Fsp3) is 0.636. The standard InChI is InChI=1S/C22H36N4O10/c1-16(36-22(24)28)17-14-19(31-2)20(15-18(17)26(29)30)35-7-3-4-21(27)25-6-9-33-11-13-34-12-10-32-8-5-23/h14-16H,3-13,23H2,1-2H3,(H2,24,28)(H,25,27). The van der Waals surface area contributed by atoms with Gasteiger partial charge in [-0.1, -0.05) is 0 Å². The van der Waals surface area contributed by atoms with Crippen LogP contribution in [0.3, 0.4) is 0 Å². The molecule has 14 heteroatoms. The molecule has 1 rings (SSSR count). The molecule has 14 nitrogen and oxygen atoms in total. The van der Waals surface area contributed by atoms with E-state index in [0.29, 0.717) is 59.2 Å². The number of nitrogens with zero attached hydrogens (tertiary/aromatic N) is 1. The average Bonchev–Trinajstić information content (AvgIpc) is 2.84. The molecule has 36 heavy (non-hydrogen) atoms. The maximum absolute atomic E-state index is 12.0. The number of nitrogens with two attached hydrogens (primary N) is 2. The van der Waals surface area contributed by atoms with Gasteiger partial charge in [-0.2, -0.15) is 0 Å². The van der Waals surface area contributed by atoms with Gasteiger partial charge in [0.05, 0.1) is 69.9 Å². The molecule has 0 fully saturated rings. The van der Waals surface area contributed by atoms with E-state index in [2.05, 4.69) is 5.32 Å². The molecule has 0 spiro atoms. The zero-order valence-corrected chi connectivity index (χ0v) is 20.7. The molecule has 2 amide bonds. The zero-order valence-electron chi connectivity index (χ0n) is 20.7. The van der Waals surface area contributed by atoms with Crippen molar-refractivity contribution in [3.8, 4) is 11.5 Å². The van der Waals surface area contributed by atoms with Gasteiger partial charge in [0, 0.05) is 19.5 Å². The van der Waals surface area contributed by atoms with Gasteiger partial charge in [0.15, 0.2) is 11.5 Å². The Morgan fingerprint density at radius 3 is 2.25 bits per heavy atom. The number of nitro benzene ring substituents is 1. The summed E-state index contributed by atoms with van der Waals surface area (Å²) in [7, 11) is 1.37. The molecule has 0 aliphatic heterocycles. The van der Waals surface area contributed by atoms with Crippen LogP contribution < -0.4 is 26.3 Å². The van der Waals surface area contributed by atoms with E-state index >= 15 is 0 Å². The number of rotatable bonds is 20. The van der Waals surface area contributed by atoms with E-state index in [1.807, 2.05) is 0 Å². The van der Waals surface area contributed by atoms with Gasteiger partial charge in [-0.05, 0) is 19.4 Å². The van der Waals surface area contributed by atoms with Gasteiger partial charge in [0.1, 0.15) is 6.10 Å². The van der Waals surface area contributed by atoms with Gasteiger partial charge in [0.25, 0.3) is 5.69 Å². The summed E-state index contributed by atoms with van der Waals surface area (Å²) in [6, 6.07) is 2.54. The number of hydrogen-bond donors (Lipinski definition) is 3. The van der Waals surface area contributed by atoms with Crippen LogP contribution in [-0.2, 0) is 23.7 Å². The summed E-state index contributed by atoms with van der Waals surface area (Å²) in [5, 5.41) is 14.2. The molecule has 1 aromatic carbocycles. The summed E-state index contributed by atoms with van der Waals surface area (Å²) >= 11 is 0. The molecule has 1 aromatic rings. The number of benzene rings is 1. The lowest BCUT2D eigenvalue weighted by atomic mass is 10.1. The summed E-state index contributed by atoms with van der Waals surface area (Å²) in [4.78, 5) is 33.8. The Kier molecular flexibility index (Phi) is 15.5. The monoisotopic (exact) mass is 516 g/mol. The lowest BCUT2D eigenvalue weighted by molar-refractivity contribution is -0.386. The van der Waals surface area contributed by atoms with Crippen LogP contribution >= 0.6 is 0 Å². The molecule has 204 valence electrons. The fourth-order valence-corrected chi connectivity index (χ4v) is 2.95. The molecule has 5 N–H and O–H groups in total. The molecule has 1 atom stereocenters. The normalized spacial score (nSPS) is 11.5. The van der Waals surface area contributed by atoms with Crippen molar-refractivity contribution in [3.63, 3.8) is 0 Å². The Balaban J connectivity index is 2.34. The summed E-state index contributed by atoms with van der Waals surface area (Å²) < 4.78 is 31.5. The van der Waals surface area contributed by atoms with E-state index in [1.165, 1.54) is 26.2 Å². The molecule has 0 saturated carbocycles. The number of nitro groups is 1. The molecule has 0 radical (unpaired) electrons. The Morgan fingerprint density at radius 1 is 1.03 bits per heavy atom. The second kappa shape index (κ2) is 18.1. The van der Waals surface area contributed by atoms with Crippen LogP contribution in [0.25, 0.3) is 0 Å². The maximum atomic E-state index is 12.0. The van der Waals surface area contributed by atoms with Crippen molar-refractivity contribution in [1.29, 1.82) is 0 Å². The van der Waals surface area contributed by atoms with Crippen LogP contribution in [0.1, 0.15) is 31.4 Å². The zero-order chi connectivity index (χ0) is 26.8. The van der Waals surface area contributed by atoms with Gasteiger partial charge < -0.3 is 45.2 Å². The SMILES string of the molecule is COc1cc(C(C)OC(N)=O)c([N+](=O)[O-])cc1OCCCC(=O)NCCOCCOCCOCCN. The highest BCUT2D eigenvalue weighted by molar-refractivity contribution is 5.75. The highest BCUT2D eigenvalue weighted by Gasteiger charge is 2.25. The fourth-order valence-electron chi connectivity index (χ4n) is 2.95. The van der Waals surface area contributed by atoms with Crippen molar-refractivity contribution in [1.82, 2.24) is 5.32 Å². The lowest BCUT2D eigenvalue weighted by Crippen LogP contribution is -2.27. The molecule has 0 aliphatic carbocycles. The molecule has 0 bridgehead atoms. The highest BCUT2D eigenvalue weighted by Crippen LogP contribution is 2.38. The van der Waals surface area contributed by atoms with Gasteiger partial charge in [-0.25, -0.2) is 4.79 Å². The lowest BCUT2D eigenvalue weighted by Gasteiger charge is -2.16. The van der Waals surface area contributed by atoms with E-state index in [1.54, 1.807) is 0 Å². The van der Waals surface area contributed by atoms with Crippen molar-refractivity contribution >= 4 is 17.7 Å². The van der Waals surface area contributed by atoms with Gasteiger partial charge in [-0.3, -0.25) is 14.9 Å². The van der Waals surface area contributed by atoms with Crippen molar-refractivity contribution in [2.45, 2.75) is 25.9 Å². The summed E-state index contributed by atoms with van der Waals surface area (Å²) in [5.41, 5.74) is 10.1. The van der Waals surface area contributed by atoms with Crippen LogP contribution in [0.4, 0.5) is 10.5 Å². The average molecular weight is 517 g/mol. The number of carbonyl (C=O) groups is 2. The third-order valence-electron chi connectivity index (χ3n) is 4.62. The predicted octanol–water partition coefficient (Wildman–Crippen LogP) is 1.04. The number of hydrogen-bond acceptors (Lipinski definition) is 11. The quantitative estimate of drug-likeness (QED) is 0.127. The van der Waals surface area contributed by atoms with E-state index < -0.39 is 17.1 Å². The Labute approximate surface area is 209 Å². The van der Waals surface area contributed by atoms with Crippen molar-refractivity contribution < 1.29 is 42.9 Å². The Hall–Kier alpha value is -3.20. The number of amides is 2. The van der Waals surface area contributed by atoms with Crippen molar-refractivity contribution in [2.75, 3.05) is 66.4 Å². The molecule has 0 saturated heterocycles. The minimum atomic E-state index is -1.06. The summed E-state index contributed by atoms with van der Waals surface area (Å²) in [6.07, 6.45) is -1.47. The number of primary amides is 1. The first-order chi connectivity index (χ1) is 17.3. The predicted molar refractivity (Wildman–Crippen MR) is 128 cm³/mol. The van der Waals surface area contributed by atoms with Crippen LogP contribution in [0.15, 0.2) is 12.1 Å². The molecule has 0 heterocycles. The molecule has 1 unspecified atom stereocenters. The maximum Gasteiger partial charge on any atom is 0.405 e. The second-order valence-corrected chi connectivity index (χ2v) is 7.33. The van der Waals surface area contributed by atoms with Gasteiger partial charge in [-0.15, -0.1) is 0 Å². The Morgan fingerprint density at radius 2 is 1.67 bits per heavy atom. The van der Waals surface area contributed by atoms with Crippen molar-refractivity contribution in [3.05, 3.63) is 27.8 Å². The van der Waals surface area contributed by atoms with E-state index in [9.17, 15) is 19.7 Å². The topological polar surface area (TPSA) is 197 Å². The van der Waals surface area contributed by atoms with Crippen LogP contribution in [-0.4, -0.2) is 83.4 Å². The third-order valence-corrected chi connectivity index (χ3v) is 4.62. The van der Waals surface area contributed by atoms with E-state index in [4.69, 9.17) is 39.9 Å². The first kappa shape index (κ1) is 30.8. The first-order valence-electron chi connectivity index (χ1n) is 11.4. The van der Waals surface area contributed by atoms with E-state index in [-0.39, 0.29) is 41.7 Å². The largest absolute Gasteiger partial charge is 0.493 e. The van der Waals surface area contributed by atoms with Gasteiger partial charge >= 0.3 is 6.09 Å². The molecular formula is C22H36N4O10. The van der Waals surface area contributed by atoms with Crippen molar-refractivity contribution in [2.24, 2.45) is 11.5 Å². The number of nitrogens with one attached hydrogen (secondary N) is 1. The van der Waals surface area contributed by atoms with Gasteiger partial charge in [0.2, 0.25) is 5.91 Å². The number of carbonyl (C=O) groups excluding carboxylic acids is 2. The van der Waals surface area contributed by atoms with E-state index in [0.717, 1.165) is 0 Å². The van der Waals surface area contributed by atoms with Crippen LogP contribution in [0.2, 0.25) is 0 Å². The minimum Gasteiger partial charge on any atom is -0.493 e.